The van der Waals surface area contributed by atoms with Gasteiger partial charge >= 0.3 is 0 Å². The molecule has 0 saturated heterocycles. The Bertz CT molecular complexity index is 633. The van der Waals surface area contributed by atoms with E-state index in [1.165, 1.54) is 11.3 Å². The lowest BCUT2D eigenvalue weighted by molar-refractivity contribution is 0.575. The quantitative estimate of drug-likeness (QED) is 0.922. The molecule has 1 N–H and O–H groups in total. The first kappa shape index (κ1) is 14.2. The summed E-state index contributed by atoms with van der Waals surface area (Å²) in [6.07, 6.45) is 0. The second kappa shape index (κ2) is 5.86. The van der Waals surface area contributed by atoms with Crippen LogP contribution >= 0.6 is 11.3 Å². The molecule has 3 nitrogen and oxygen atoms in total. The van der Waals surface area contributed by atoms with Gasteiger partial charge in [-0.2, -0.15) is 0 Å². The summed E-state index contributed by atoms with van der Waals surface area (Å²) in [5, 5.41) is 4.89. The van der Waals surface area contributed by atoms with Crippen LogP contribution in [0.2, 0.25) is 0 Å². The minimum absolute atomic E-state index is 0.0782. The van der Waals surface area contributed by atoms with Crippen LogP contribution in [0.1, 0.15) is 17.2 Å². The Kier molecular flexibility index (Phi) is 4.39. The van der Waals surface area contributed by atoms with Gasteiger partial charge in [-0.1, -0.05) is 30.3 Å². The molecule has 1 atom stereocenters. The van der Waals surface area contributed by atoms with E-state index in [2.05, 4.69) is 5.32 Å². The van der Waals surface area contributed by atoms with E-state index in [0.29, 0.717) is 4.21 Å². The van der Waals surface area contributed by atoms with Crippen LogP contribution in [0.25, 0.3) is 0 Å². The van der Waals surface area contributed by atoms with Crippen molar-refractivity contribution in [3.63, 3.8) is 0 Å². The van der Waals surface area contributed by atoms with Crippen molar-refractivity contribution < 1.29 is 8.42 Å². The molecule has 0 amide bonds. The van der Waals surface area contributed by atoms with Crippen molar-refractivity contribution in [2.45, 2.75) is 17.2 Å². The number of sulfone groups is 1. The van der Waals surface area contributed by atoms with E-state index < -0.39 is 9.84 Å². The summed E-state index contributed by atoms with van der Waals surface area (Å²) in [5.74, 6) is 0.0782. The fourth-order valence-electron chi connectivity index (χ4n) is 2.05. The van der Waals surface area contributed by atoms with Gasteiger partial charge in [0.15, 0.2) is 9.84 Å². The molecule has 102 valence electrons. The number of benzene rings is 1. The average Bonchev–Trinajstić information content (AvgIpc) is 2.91. The second-order valence-electron chi connectivity index (χ2n) is 4.41. The van der Waals surface area contributed by atoms with E-state index in [0.717, 1.165) is 11.1 Å². The topological polar surface area (TPSA) is 46.2 Å². The zero-order valence-electron chi connectivity index (χ0n) is 11.0. The summed E-state index contributed by atoms with van der Waals surface area (Å²) in [6.45, 7) is 2.00. The Labute approximate surface area is 118 Å². The smallest absolute Gasteiger partial charge is 0.189 e. The highest BCUT2D eigenvalue weighted by Gasteiger charge is 2.23. The van der Waals surface area contributed by atoms with E-state index in [9.17, 15) is 8.42 Å². The molecule has 19 heavy (non-hydrogen) atoms. The molecule has 0 bridgehead atoms. The third kappa shape index (κ3) is 3.23. The molecule has 0 aliphatic carbocycles. The minimum atomic E-state index is -3.24. The third-order valence-corrected chi connectivity index (χ3v) is 6.33. The van der Waals surface area contributed by atoms with Crippen molar-refractivity contribution in [1.82, 2.24) is 5.32 Å². The highest BCUT2D eigenvalue weighted by molar-refractivity contribution is 7.93. The molecule has 1 unspecified atom stereocenters. The van der Waals surface area contributed by atoms with E-state index in [1.807, 2.05) is 31.2 Å². The van der Waals surface area contributed by atoms with Crippen molar-refractivity contribution >= 4 is 21.2 Å². The molecule has 0 spiro atoms. The fraction of sp³-hybridized carbons (Fsp3) is 0.286. The maximum Gasteiger partial charge on any atom is 0.189 e. The Morgan fingerprint density at radius 3 is 2.53 bits per heavy atom. The first-order chi connectivity index (χ1) is 9.04. The number of hydrogen-bond acceptors (Lipinski definition) is 4. The van der Waals surface area contributed by atoms with Gasteiger partial charge in [0.05, 0.1) is 5.75 Å². The standard InChI is InChI=1S/C14H17NO2S2/c1-11-6-3-4-7-12(11)13(15-2)10-19(16,17)14-8-5-9-18-14/h3-9,13,15H,10H2,1-2H3. The predicted molar refractivity (Wildman–Crippen MR) is 79.4 cm³/mol. The number of nitrogens with one attached hydrogen (secondary N) is 1. The van der Waals surface area contributed by atoms with Crippen LogP contribution in [0.15, 0.2) is 46.0 Å². The van der Waals surface area contributed by atoms with E-state index >= 15 is 0 Å². The molecule has 2 rings (SSSR count). The fourth-order valence-corrected chi connectivity index (χ4v) is 4.69. The van der Waals surface area contributed by atoms with Crippen molar-refractivity contribution in [1.29, 1.82) is 0 Å². The van der Waals surface area contributed by atoms with Crippen LogP contribution in [0.3, 0.4) is 0 Å². The van der Waals surface area contributed by atoms with Gasteiger partial charge in [0.25, 0.3) is 0 Å². The molecule has 0 fully saturated rings. The molecule has 0 aliphatic rings. The SMILES string of the molecule is CNC(CS(=O)(=O)c1cccs1)c1ccccc1C. The lowest BCUT2D eigenvalue weighted by atomic mass is 10.0. The van der Waals surface area contributed by atoms with Crippen LogP contribution in [-0.4, -0.2) is 21.2 Å². The van der Waals surface area contributed by atoms with Gasteiger partial charge < -0.3 is 5.32 Å². The average molecular weight is 295 g/mol. The summed E-state index contributed by atoms with van der Waals surface area (Å²) < 4.78 is 25.1. The van der Waals surface area contributed by atoms with Crippen molar-refractivity contribution in [3.05, 3.63) is 52.9 Å². The summed E-state index contributed by atoms with van der Waals surface area (Å²) in [4.78, 5) is 0. The molecule has 5 heteroatoms. The van der Waals surface area contributed by atoms with Gasteiger partial charge in [0.1, 0.15) is 4.21 Å². The van der Waals surface area contributed by atoms with Gasteiger partial charge in [-0.25, -0.2) is 8.42 Å². The molecule has 2 aromatic rings. The summed E-state index contributed by atoms with van der Waals surface area (Å²) >= 11 is 1.27. The lowest BCUT2D eigenvalue weighted by Gasteiger charge is -2.18. The molecular weight excluding hydrogens is 278 g/mol. The van der Waals surface area contributed by atoms with Gasteiger partial charge in [-0.3, -0.25) is 0 Å². The molecule has 1 heterocycles. The number of aryl methyl sites for hydroxylation is 1. The first-order valence-corrected chi connectivity index (χ1v) is 8.57. The predicted octanol–water partition coefficient (Wildman–Crippen LogP) is 2.79. The van der Waals surface area contributed by atoms with Gasteiger partial charge in [-0.05, 0) is 36.5 Å². The largest absolute Gasteiger partial charge is 0.312 e. The highest BCUT2D eigenvalue weighted by Crippen LogP contribution is 2.24. The monoisotopic (exact) mass is 295 g/mol. The van der Waals surface area contributed by atoms with E-state index in [-0.39, 0.29) is 11.8 Å². The van der Waals surface area contributed by atoms with Crippen LogP contribution in [0, 0.1) is 6.92 Å². The molecule has 1 aromatic heterocycles. The van der Waals surface area contributed by atoms with Crippen LogP contribution < -0.4 is 5.32 Å². The number of hydrogen-bond donors (Lipinski definition) is 1. The van der Waals surface area contributed by atoms with Crippen molar-refractivity contribution in [3.8, 4) is 0 Å². The van der Waals surface area contributed by atoms with E-state index in [1.54, 1.807) is 24.6 Å². The Morgan fingerprint density at radius 1 is 1.21 bits per heavy atom. The zero-order valence-corrected chi connectivity index (χ0v) is 12.6. The summed E-state index contributed by atoms with van der Waals surface area (Å²) in [7, 11) is -1.44. The molecule has 1 aromatic carbocycles. The van der Waals surface area contributed by atoms with Crippen LogP contribution in [0.5, 0.6) is 0 Å². The Morgan fingerprint density at radius 2 is 1.95 bits per heavy atom. The summed E-state index contributed by atoms with van der Waals surface area (Å²) in [6, 6.07) is 11.1. The third-order valence-electron chi connectivity index (χ3n) is 3.10. The van der Waals surface area contributed by atoms with Gasteiger partial charge in [0, 0.05) is 6.04 Å². The normalized spacial score (nSPS) is 13.4. The van der Waals surface area contributed by atoms with E-state index in [4.69, 9.17) is 0 Å². The zero-order chi connectivity index (χ0) is 13.9. The number of rotatable bonds is 5. The van der Waals surface area contributed by atoms with Crippen LogP contribution in [0.4, 0.5) is 0 Å². The molecular formula is C14H17NO2S2. The summed E-state index contributed by atoms with van der Waals surface area (Å²) in [5.41, 5.74) is 2.13. The van der Waals surface area contributed by atoms with Crippen LogP contribution in [-0.2, 0) is 9.84 Å². The molecule has 0 aliphatic heterocycles. The highest BCUT2D eigenvalue weighted by atomic mass is 32.2. The molecule has 0 saturated carbocycles. The van der Waals surface area contributed by atoms with Gasteiger partial charge in [-0.15, -0.1) is 11.3 Å². The van der Waals surface area contributed by atoms with Crippen molar-refractivity contribution in [2.75, 3.05) is 12.8 Å². The second-order valence-corrected chi connectivity index (χ2v) is 7.62. The Hall–Kier alpha value is -1.17. The van der Waals surface area contributed by atoms with Gasteiger partial charge in [0.2, 0.25) is 0 Å². The Balaban J connectivity index is 2.28. The maximum absolute atomic E-state index is 12.3. The van der Waals surface area contributed by atoms with Crippen molar-refractivity contribution in [2.24, 2.45) is 0 Å². The molecule has 0 radical (unpaired) electrons. The lowest BCUT2D eigenvalue weighted by Crippen LogP contribution is -2.25. The number of thiophene rings is 1. The minimum Gasteiger partial charge on any atom is -0.312 e. The maximum atomic E-state index is 12.3. The first-order valence-electron chi connectivity index (χ1n) is 6.03.